The highest BCUT2D eigenvalue weighted by atomic mass is 28.3. The number of hydrogen-bond donors (Lipinski definition) is 0. The van der Waals surface area contributed by atoms with E-state index in [1.165, 1.54) is 10.4 Å². The van der Waals surface area contributed by atoms with Gasteiger partial charge in [-0.25, -0.2) is 0 Å². The average Bonchev–Trinajstić information content (AvgIpc) is 2.46. The summed E-state index contributed by atoms with van der Waals surface area (Å²) in [7, 11) is -4.71. The number of hydrogen-bond acceptors (Lipinski definition) is 0. The first kappa shape index (κ1) is 18.1. The maximum absolute atomic E-state index is 4.11. The van der Waals surface area contributed by atoms with Gasteiger partial charge in [0.1, 0.15) is 24.2 Å². The van der Waals surface area contributed by atoms with Crippen molar-refractivity contribution in [3.8, 4) is 0 Å². The van der Waals surface area contributed by atoms with Crippen molar-refractivity contribution >= 4 is 39.8 Å². The van der Waals surface area contributed by atoms with Crippen molar-refractivity contribution in [1.29, 1.82) is 0 Å². The molecule has 0 atom stereocenters. The molecule has 0 aliphatic rings. The fourth-order valence-corrected chi connectivity index (χ4v) is 8.74. The molecule has 0 aliphatic heterocycles. The minimum atomic E-state index is -1.61. The Balaban J connectivity index is 3.67. The molecule has 0 nitrogen and oxygen atoms in total. The van der Waals surface area contributed by atoms with Crippen LogP contribution in [0.15, 0.2) is 55.0 Å². The lowest BCUT2D eigenvalue weighted by Gasteiger charge is -2.31. The molecule has 114 valence electrons. The van der Waals surface area contributed by atoms with Gasteiger partial charge in [-0.05, 0) is 0 Å². The molecule has 0 saturated carbocycles. The summed E-state index contributed by atoms with van der Waals surface area (Å²) in [6.45, 7) is 26.5. The van der Waals surface area contributed by atoms with E-state index in [-0.39, 0.29) is 0 Å². The third-order valence-corrected chi connectivity index (χ3v) is 13.4. The highest BCUT2D eigenvalue weighted by molar-refractivity contribution is 7.03. The molecule has 0 unspecified atom stereocenters. The van der Waals surface area contributed by atoms with Crippen LogP contribution >= 0.6 is 0 Å². The SMILES string of the molecule is C=C[Si](C)(C)c1ccc([Si](C)(C)C=C)c([Si](C)(C)C=C)c1. The summed E-state index contributed by atoms with van der Waals surface area (Å²) in [6, 6.07) is 7.17. The third-order valence-electron chi connectivity index (χ3n) is 4.68. The highest BCUT2D eigenvalue weighted by Gasteiger charge is 2.31. The van der Waals surface area contributed by atoms with Gasteiger partial charge in [-0.1, -0.05) is 90.1 Å². The standard InChI is InChI=1S/C18H30Si3/c1-10-19(4,5)16-13-14-17(20(6,7)11-2)18(15-16)21(8,9)12-3/h10-15H,1-3H2,4-9H3. The molecular weight excluding hydrogens is 300 g/mol. The fourth-order valence-electron chi connectivity index (χ4n) is 2.38. The second-order valence-corrected chi connectivity index (χ2v) is 20.7. The van der Waals surface area contributed by atoms with Crippen LogP contribution in [-0.2, 0) is 0 Å². The molecule has 0 aliphatic carbocycles. The Labute approximate surface area is 134 Å². The van der Waals surface area contributed by atoms with Gasteiger partial charge in [0, 0.05) is 0 Å². The topological polar surface area (TPSA) is 0 Å². The van der Waals surface area contributed by atoms with E-state index in [2.05, 4.69) is 94.3 Å². The second-order valence-electron chi connectivity index (χ2n) is 7.54. The molecular formula is C18H30Si3. The molecule has 0 heterocycles. The quantitative estimate of drug-likeness (QED) is 0.699. The zero-order valence-corrected chi connectivity index (χ0v) is 17.6. The molecule has 1 rings (SSSR count). The van der Waals surface area contributed by atoms with Crippen molar-refractivity contribution in [3.05, 3.63) is 55.0 Å². The van der Waals surface area contributed by atoms with Crippen molar-refractivity contribution in [3.63, 3.8) is 0 Å². The van der Waals surface area contributed by atoms with Crippen molar-refractivity contribution in [1.82, 2.24) is 0 Å². The molecule has 0 radical (unpaired) electrons. The minimum absolute atomic E-state index is 1.48. The largest absolute Gasteiger partial charge is 0.107 e. The lowest BCUT2D eigenvalue weighted by Crippen LogP contribution is -2.59. The maximum atomic E-state index is 4.11. The molecule has 3 heteroatoms. The molecule has 0 amide bonds. The molecule has 0 fully saturated rings. The van der Waals surface area contributed by atoms with E-state index in [1.807, 2.05) is 0 Å². The van der Waals surface area contributed by atoms with Crippen LogP contribution in [0.2, 0.25) is 39.3 Å². The van der Waals surface area contributed by atoms with Gasteiger partial charge in [-0.15, -0.1) is 19.7 Å². The summed E-state index contributed by atoms with van der Waals surface area (Å²) in [5, 5.41) is 4.56. The summed E-state index contributed by atoms with van der Waals surface area (Å²) in [4.78, 5) is 0. The van der Waals surface area contributed by atoms with Crippen molar-refractivity contribution in [2.24, 2.45) is 0 Å². The first-order chi connectivity index (χ1) is 9.51. The van der Waals surface area contributed by atoms with E-state index in [1.54, 1.807) is 5.19 Å². The van der Waals surface area contributed by atoms with Crippen LogP contribution in [0, 0.1) is 0 Å². The van der Waals surface area contributed by atoms with E-state index < -0.39 is 24.2 Å². The van der Waals surface area contributed by atoms with Gasteiger partial charge >= 0.3 is 0 Å². The summed E-state index contributed by atoms with van der Waals surface area (Å²) < 4.78 is 0. The molecule has 0 N–H and O–H groups in total. The smallest absolute Gasteiger partial charge is 0.103 e. The Hall–Kier alpha value is -0.909. The van der Waals surface area contributed by atoms with E-state index in [9.17, 15) is 0 Å². The Morgan fingerprint density at radius 1 is 0.667 bits per heavy atom. The zero-order chi connectivity index (χ0) is 16.5. The molecule has 1 aromatic rings. The second kappa shape index (κ2) is 6.07. The maximum Gasteiger partial charge on any atom is 0.103 e. The minimum Gasteiger partial charge on any atom is -0.107 e. The normalized spacial score (nSPS) is 12.9. The fraction of sp³-hybridized carbons (Fsp3) is 0.333. The Bertz CT molecular complexity index is 566. The van der Waals surface area contributed by atoms with Crippen molar-refractivity contribution in [2.75, 3.05) is 0 Å². The molecule has 0 saturated heterocycles. The van der Waals surface area contributed by atoms with Gasteiger partial charge in [0.15, 0.2) is 0 Å². The summed E-state index contributed by atoms with van der Waals surface area (Å²) in [6.07, 6.45) is 0. The van der Waals surface area contributed by atoms with E-state index >= 15 is 0 Å². The molecule has 0 spiro atoms. The van der Waals surface area contributed by atoms with Crippen LogP contribution in [0.5, 0.6) is 0 Å². The predicted molar refractivity (Wildman–Crippen MR) is 108 cm³/mol. The molecule has 0 bridgehead atoms. The van der Waals surface area contributed by atoms with Gasteiger partial charge < -0.3 is 0 Å². The van der Waals surface area contributed by atoms with Crippen LogP contribution in [0.1, 0.15) is 0 Å². The Morgan fingerprint density at radius 3 is 1.52 bits per heavy atom. The van der Waals surface area contributed by atoms with Crippen molar-refractivity contribution in [2.45, 2.75) is 39.3 Å². The highest BCUT2D eigenvalue weighted by Crippen LogP contribution is 2.11. The van der Waals surface area contributed by atoms with Crippen LogP contribution in [0.4, 0.5) is 0 Å². The van der Waals surface area contributed by atoms with Crippen molar-refractivity contribution < 1.29 is 0 Å². The van der Waals surface area contributed by atoms with E-state index in [0.29, 0.717) is 0 Å². The van der Waals surface area contributed by atoms with Gasteiger partial charge in [0.25, 0.3) is 0 Å². The first-order valence-corrected chi connectivity index (χ1v) is 16.8. The van der Waals surface area contributed by atoms with Gasteiger partial charge in [0.2, 0.25) is 0 Å². The van der Waals surface area contributed by atoms with Gasteiger partial charge in [0.05, 0.1) is 0 Å². The lowest BCUT2D eigenvalue weighted by molar-refractivity contribution is 1.70. The van der Waals surface area contributed by atoms with E-state index in [0.717, 1.165) is 0 Å². The summed E-state index contributed by atoms with van der Waals surface area (Å²) in [5.74, 6) is 0. The predicted octanol–water partition coefficient (Wildman–Crippen LogP) is 3.61. The van der Waals surface area contributed by atoms with E-state index in [4.69, 9.17) is 0 Å². The van der Waals surface area contributed by atoms with Gasteiger partial charge in [-0.2, -0.15) is 0 Å². The number of rotatable bonds is 6. The summed E-state index contributed by atoms with van der Waals surface area (Å²) >= 11 is 0. The van der Waals surface area contributed by atoms with Crippen LogP contribution < -0.4 is 15.6 Å². The number of benzene rings is 1. The average molecular weight is 331 g/mol. The molecule has 21 heavy (non-hydrogen) atoms. The molecule has 0 aromatic heterocycles. The lowest BCUT2D eigenvalue weighted by atomic mass is 10.3. The monoisotopic (exact) mass is 330 g/mol. The van der Waals surface area contributed by atoms with Crippen LogP contribution in [0.3, 0.4) is 0 Å². The van der Waals surface area contributed by atoms with Crippen LogP contribution in [0.25, 0.3) is 0 Å². The molecule has 1 aromatic carbocycles. The Kier molecular flexibility index (Phi) is 5.24. The first-order valence-electron chi connectivity index (χ1n) is 7.58. The van der Waals surface area contributed by atoms with Crippen LogP contribution in [-0.4, -0.2) is 24.2 Å². The summed E-state index contributed by atoms with van der Waals surface area (Å²) in [5.41, 5.74) is 6.56. The third kappa shape index (κ3) is 3.65. The Morgan fingerprint density at radius 2 is 1.10 bits per heavy atom. The zero-order valence-electron chi connectivity index (χ0n) is 14.6. The van der Waals surface area contributed by atoms with Gasteiger partial charge in [-0.3, -0.25) is 0 Å².